The lowest BCUT2D eigenvalue weighted by molar-refractivity contribution is 0.0595. The van der Waals surface area contributed by atoms with Crippen LogP contribution in [0.15, 0.2) is 29.2 Å². The van der Waals surface area contributed by atoms with Crippen molar-refractivity contribution in [1.29, 1.82) is 0 Å². The van der Waals surface area contributed by atoms with Gasteiger partial charge in [-0.25, -0.2) is 8.42 Å². The van der Waals surface area contributed by atoms with Gasteiger partial charge in [0.2, 0.25) is 10.0 Å². The molecular weight excluding hydrogens is 338 g/mol. The molecule has 1 aliphatic rings. The summed E-state index contributed by atoms with van der Waals surface area (Å²) < 4.78 is 26.6. The van der Waals surface area contributed by atoms with E-state index in [4.69, 9.17) is 0 Å². The van der Waals surface area contributed by atoms with E-state index < -0.39 is 10.0 Å². The van der Waals surface area contributed by atoms with Gasteiger partial charge in [0.1, 0.15) is 0 Å². The van der Waals surface area contributed by atoms with Gasteiger partial charge in [-0.2, -0.15) is 4.31 Å². The van der Waals surface area contributed by atoms with E-state index in [-0.39, 0.29) is 16.8 Å². The zero-order valence-corrected chi connectivity index (χ0v) is 16.6. The van der Waals surface area contributed by atoms with Crippen LogP contribution in [0.4, 0.5) is 0 Å². The molecule has 0 aromatic heterocycles. The molecule has 2 rings (SSSR count). The molecule has 1 aliphatic heterocycles. The minimum Gasteiger partial charge on any atom is -0.336 e. The van der Waals surface area contributed by atoms with E-state index in [2.05, 4.69) is 18.7 Å². The molecule has 6 nitrogen and oxygen atoms in total. The van der Waals surface area contributed by atoms with Crippen molar-refractivity contribution >= 4 is 15.9 Å². The van der Waals surface area contributed by atoms with Gasteiger partial charge in [0.25, 0.3) is 5.91 Å². The smallest absolute Gasteiger partial charge is 0.253 e. The minimum atomic E-state index is -3.59. The maximum Gasteiger partial charge on any atom is 0.253 e. The number of nitrogens with zero attached hydrogens (tertiary/aromatic N) is 3. The van der Waals surface area contributed by atoms with E-state index in [0.717, 1.165) is 13.1 Å². The molecule has 0 N–H and O–H groups in total. The molecule has 0 aliphatic carbocycles. The molecule has 140 valence electrons. The van der Waals surface area contributed by atoms with Crippen LogP contribution in [0.3, 0.4) is 0 Å². The van der Waals surface area contributed by atoms with Crippen molar-refractivity contribution in [3.63, 3.8) is 0 Å². The third-order valence-corrected chi connectivity index (χ3v) is 6.85. The Labute approximate surface area is 151 Å². The summed E-state index contributed by atoms with van der Waals surface area (Å²) in [6, 6.07) is 6.68. The third kappa shape index (κ3) is 4.40. The number of piperazine rings is 1. The predicted molar refractivity (Wildman–Crippen MR) is 99.1 cm³/mol. The van der Waals surface area contributed by atoms with Gasteiger partial charge >= 0.3 is 0 Å². The van der Waals surface area contributed by atoms with Crippen molar-refractivity contribution in [3.05, 3.63) is 29.8 Å². The molecular formula is C18H29N3O3S. The molecule has 0 atom stereocenters. The predicted octanol–water partition coefficient (Wildman–Crippen LogP) is 1.88. The largest absolute Gasteiger partial charge is 0.336 e. The first-order valence-electron chi connectivity index (χ1n) is 8.76. The SMILES string of the molecule is CC(C)N1CCN(C(=O)c2cccc(S(=O)(=O)N(C)C(C)C)c2)CC1. The number of hydrogen-bond donors (Lipinski definition) is 0. The monoisotopic (exact) mass is 367 g/mol. The fourth-order valence-electron chi connectivity index (χ4n) is 2.86. The van der Waals surface area contributed by atoms with Crippen molar-refractivity contribution in [2.45, 2.75) is 44.7 Å². The number of carbonyl (C=O) groups excluding carboxylic acids is 1. The molecule has 1 aromatic rings. The number of benzene rings is 1. The highest BCUT2D eigenvalue weighted by atomic mass is 32.2. The van der Waals surface area contributed by atoms with Gasteiger partial charge in [0, 0.05) is 50.9 Å². The summed E-state index contributed by atoms with van der Waals surface area (Å²) in [5.41, 5.74) is 0.427. The second-order valence-electron chi connectivity index (χ2n) is 7.06. The number of hydrogen-bond acceptors (Lipinski definition) is 4. The maximum atomic E-state index is 12.8. The van der Waals surface area contributed by atoms with E-state index in [1.807, 2.05) is 13.8 Å². The van der Waals surface area contributed by atoms with Crippen LogP contribution in [0.2, 0.25) is 0 Å². The first kappa shape index (κ1) is 19.9. The van der Waals surface area contributed by atoms with Crippen LogP contribution >= 0.6 is 0 Å². The highest BCUT2D eigenvalue weighted by molar-refractivity contribution is 7.89. The van der Waals surface area contributed by atoms with Crippen molar-refractivity contribution in [1.82, 2.24) is 14.1 Å². The van der Waals surface area contributed by atoms with Crippen LogP contribution in [0.5, 0.6) is 0 Å². The average Bonchev–Trinajstić information content (AvgIpc) is 2.60. The standard InChI is InChI=1S/C18H29N3O3S/c1-14(2)19(5)25(23,24)17-8-6-7-16(13-17)18(22)21-11-9-20(10-12-21)15(3)4/h6-8,13-15H,9-12H2,1-5H3. The van der Waals surface area contributed by atoms with E-state index in [0.29, 0.717) is 24.7 Å². The third-order valence-electron chi connectivity index (χ3n) is 4.82. The fourth-order valence-corrected chi connectivity index (χ4v) is 4.27. The summed E-state index contributed by atoms with van der Waals surface area (Å²) in [6.45, 7) is 11.0. The Balaban J connectivity index is 2.18. The fraction of sp³-hybridized carbons (Fsp3) is 0.611. The summed E-state index contributed by atoms with van der Waals surface area (Å²) >= 11 is 0. The van der Waals surface area contributed by atoms with Gasteiger partial charge in [-0.1, -0.05) is 6.07 Å². The number of rotatable bonds is 5. The Hall–Kier alpha value is -1.44. The Morgan fingerprint density at radius 1 is 1.08 bits per heavy atom. The molecule has 25 heavy (non-hydrogen) atoms. The topological polar surface area (TPSA) is 60.9 Å². The molecule has 1 heterocycles. The van der Waals surface area contributed by atoms with Gasteiger partial charge in [0.15, 0.2) is 0 Å². The number of carbonyl (C=O) groups is 1. The molecule has 0 unspecified atom stereocenters. The summed E-state index contributed by atoms with van der Waals surface area (Å²) in [7, 11) is -2.04. The molecule has 1 fully saturated rings. The Morgan fingerprint density at radius 3 is 2.20 bits per heavy atom. The normalized spacial score (nSPS) is 16.9. The first-order valence-corrected chi connectivity index (χ1v) is 10.2. The zero-order valence-electron chi connectivity index (χ0n) is 15.8. The number of sulfonamides is 1. The van der Waals surface area contributed by atoms with Crippen molar-refractivity contribution < 1.29 is 13.2 Å². The number of amides is 1. The van der Waals surface area contributed by atoms with Crippen LogP contribution < -0.4 is 0 Å². The Bertz CT molecular complexity index is 708. The Morgan fingerprint density at radius 2 is 1.68 bits per heavy atom. The molecule has 0 radical (unpaired) electrons. The van der Waals surface area contributed by atoms with Gasteiger partial charge in [0.05, 0.1) is 4.90 Å². The summed E-state index contributed by atoms with van der Waals surface area (Å²) in [5.74, 6) is -0.104. The maximum absolute atomic E-state index is 12.8. The second kappa shape index (κ2) is 7.85. The van der Waals surface area contributed by atoms with Gasteiger partial charge in [-0.15, -0.1) is 0 Å². The van der Waals surface area contributed by atoms with Crippen LogP contribution in [-0.4, -0.2) is 73.7 Å². The van der Waals surface area contributed by atoms with Crippen molar-refractivity contribution in [2.75, 3.05) is 33.2 Å². The van der Waals surface area contributed by atoms with E-state index in [1.165, 1.54) is 10.4 Å². The zero-order chi connectivity index (χ0) is 18.8. The van der Waals surface area contributed by atoms with Crippen molar-refractivity contribution in [2.24, 2.45) is 0 Å². The molecule has 1 amide bonds. The molecule has 1 saturated heterocycles. The van der Waals surface area contributed by atoms with Crippen LogP contribution in [0, 0.1) is 0 Å². The quantitative estimate of drug-likeness (QED) is 0.797. The molecule has 7 heteroatoms. The lowest BCUT2D eigenvalue weighted by Gasteiger charge is -2.37. The first-order chi connectivity index (χ1) is 11.6. The van der Waals surface area contributed by atoms with E-state index in [9.17, 15) is 13.2 Å². The second-order valence-corrected chi connectivity index (χ2v) is 9.06. The molecule has 0 saturated carbocycles. The minimum absolute atomic E-state index is 0.104. The van der Waals surface area contributed by atoms with Gasteiger partial charge < -0.3 is 4.90 Å². The summed E-state index contributed by atoms with van der Waals surface area (Å²) in [4.78, 5) is 17.1. The van der Waals surface area contributed by atoms with Crippen LogP contribution in [0.25, 0.3) is 0 Å². The average molecular weight is 368 g/mol. The van der Waals surface area contributed by atoms with Gasteiger partial charge in [-0.05, 0) is 45.9 Å². The van der Waals surface area contributed by atoms with E-state index >= 15 is 0 Å². The van der Waals surface area contributed by atoms with E-state index in [1.54, 1.807) is 30.1 Å². The summed E-state index contributed by atoms with van der Waals surface area (Å²) in [6.07, 6.45) is 0. The van der Waals surface area contributed by atoms with Crippen molar-refractivity contribution in [3.8, 4) is 0 Å². The highest BCUT2D eigenvalue weighted by Crippen LogP contribution is 2.19. The molecule has 0 bridgehead atoms. The van der Waals surface area contributed by atoms with Gasteiger partial charge in [-0.3, -0.25) is 9.69 Å². The summed E-state index contributed by atoms with van der Waals surface area (Å²) in [5, 5.41) is 0. The lowest BCUT2D eigenvalue weighted by atomic mass is 10.1. The lowest BCUT2D eigenvalue weighted by Crippen LogP contribution is -2.50. The van der Waals surface area contributed by atoms with Crippen LogP contribution in [-0.2, 0) is 10.0 Å². The molecule has 1 aromatic carbocycles. The highest BCUT2D eigenvalue weighted by Gasteiger charge is 2.26. The van der Waals surface area contributed by atoms with Crippen LogP contribution in [0.1, 0.15) is 38.1 Å². The molecule has 0 spiro atoms. The Kier molecular flexibility index (Phi) is 6.24.